The van der Waals surface area contributed by atoms with Crippen LogP contribution in [-0.2, 0) is 0 Å². The fraction of sp³-hybridized carbons (Fsp3) is 0.190. The van der Waals surface area contributed by atoms with Crippen LogP contribution in [0.4, 0.5) is 0 Å². The topological polar surface area (TPSA) is 92.2 Å². The van der Waals surface area contributed by atoms with Crippen molar-refractivity contribution in [3.05, 3.63) is 85.9 Å². The number of halogens is 1. The van der Waals surface area contributed by atoms with E-state index in [0.717, 1.165) is 0 Å². The summed E-state index contributed by atoms with van der Waals surface area (Å²) < 4.78 is 2.06. The zero-order valence-electron chi connectivity index (χ0n) is 15.8. The molecule has 4 rings (SSSR count). The number of nitrogens with one attached hydrogen (secondary N) is 3. The fourth-order valence-electron chi connectivity index (χ4n) is 3.32. The number of hydrogen-bond donors (Lipinski definition) is 3. The Morgan fingerprint density at radius 3 is 2.30 bits per heavy atom. The molecule has 1 aliphatic heterocycles. The average Bonchev–Trinajstić information content (AvgIpc) is 3.37. The molecule has 7 nitrogen and oxygen atoms in total. The van der Waals surface area contributed by atoms with Gasteiger partial charge in [0.25, 0.3) is 17.4 Å². The zero-order valence-corrected chi connectivity index (χ0v) is 17.4. The van der Waals surface area contributed by atoms with E-state index in [4.69, 9.17) is 11.6 Å². The number of nitrogens with zero attached hydrogens (tertiary/aromatic N) is 1. The third-order valence-corrected chi connectivity index (χ3v) is 6.10. The normalized spacial score (nSPS) is 18.2. The van der Waals surface area contributed by atoms with E-state index in [1.165, 1.54) is 22.0 Å². The lowest BCUT2D eigenvalue weighted by atomic mass is 10.1. The molecule has 154 valence electrons. The second-order valence-corrected chi connectivity index (χ2v) is 8.59. The van der Waals surface area contributed by atoms with Crippen LogP contribution >= 0.6 is 22.9 Å². The maximum atomic E-state index is 12.7. The molecule has 1 fully saturated rings. The second-order valence-electron chi connectivity index (χ2n) is 6.88. The number of amides is 2. The molecule has 0 bridgehead atoms. The van der Waals surface area contributed by atoms with E-state index in [1.54, 1.807) is 54.7 Å². The first-order valence-electron chi connectivity index (χ1n) is 9.37. The summed E-state index contributed by atoms with van der Waals surface area (Å²) in [4.78, 5) is 37.5. The number of hydrogen-bond acceptors (Lipinski definition) is 5. The number of benzene rings is 1. The minimum Gasteiger partial charge on any atom is -0.346 e. The average molecular weight is 443 g/mol. The lowest BCUT2D eigenvalue weighted by molar-refractivity contribution is 0.0898. The van der Waals surface area contributed by atoms with Crippen molar-refractivity contribution in [2.24, 2.45) is 0 Å². The van der Waals surface area contributed by atoms with Gasteiger partial charge >= 0.3 is 0 Å². The molecule has 0 spiro atoms. The Labute approximate surface area is 181 Å². The molecule has 3 aromatic rings. The molecule has 1 saturated heterocycles. The Bertz CT molecular complexity index is 1130. The molecule has 9 heteroatoms. The Morgan fingerprint density at radius 2 is 1.67 bits per heavy atom. The molecule has 3 N–H and O–H groups in total. The summed E-state index contributed by atoms with van der Waals surface area (Å²) in [6.45, 7) is 1.12. The van der Waals surface area contributed by atoms with E-state index in [-0.39, 0.29) is 29.5 Å². The summed E-state index contributed by atoms with van der Waals surface area (Å²) in [6, 6.07) is 14.6. The van der Waals surface area contributed by atoms with Crippen molar-refractivity contribution in [1.29, 1.82) is 0 Å². The number of rotatable bonds is 5. The van der Waals surface area contributed by atoms with Crippen LogP contribution in [0.5, 0.6) is 0 Å². The summed E-state index contributed by atoms with van der Waals surface area (Å²) in [6.07, 6.45) is 1.68. The van der Waals surface area contributed by atoms with Crippen molar-refractivity contribution in [2.75, 3.05) is 13.1 Å². The smallest absolute Gasteiger partial charge is 0.261 e. The van der Waals surface area contributed by atoms with Crippen LogP contribution in [0.2, 0.25) is 4.34 Å². The Morgan fingerprint density at radius 1 is 0.967 bits per heavy atom. The van der Waals surface area contributed by atoms with Crippen molar-refractivity contribution in [1.82, 2.24) is 20.5 Å². The van der Waals surface area contributed by atoms with Crippen molar-refractivity contribution < 1.29 is 9.59 Å². The third-order valence-electron chi connectivity index (χ3n) is 4.87. The summed E-state index contributed by atoms with van der Waals surface area (Å²) in [5, 5.41) is 9.11. The highest BCUT2D eigenvalue weighted by molar-refractivity contribution is 7.18. The predicted octanol–water partition coefficient (Wildman–Crippen LogP) is 2.05. The van der Waals surface area contributed by atoms with Crippen LogP contribution in [0.15, 0.2) is 65.6 Å². The first kappa shape index (κ1) is 20.3. The van der Waals surface area contributed by atoms with Gasteiger partial charge in [-0.15, -0.1) is 11.3 Å². The minimum absolute atomic E-state index is 0.141. The number of carbonyl (C=O) groups excluding carboxylic acids is 2. The molecule has 1 unspecified atom stereocenters. The van der Waals surface area contributed by atoms with Crippen LogP contribution in [0.3, 0.4) is 0 Å². The molecular weight excluding hydrogens is 424 g/mol. The zero-order chi connectivity index (χ0) is 21.1. The molecule has 3 heterocycles. The number of pyridine rings is 1. The molecule has 2 aromatic heterocycles. The van der Waals surface area contributed by atoms with Crippen LogP contribution in [0, 0.1) is 0 Å². The van der Waals surface area contributed by atoms with Crippen molar-refractivity contribution in [3.63, 3.8) is 0 Å². The molecule has 1 aromatic carbocycles. The highest BCUT2D eigenvalue weighted by atomic mass is 35.5. The lowest BCUT2D eigenvalue weighted by Crippen LogP contribution is -2.50. The van der Waals surface area contributed by atoms with E-state index >= 15 is 0 Å². The standard InChI is InChI=1S/C21H19ClN4O3S/c22-18-9-8-17(30-18)21(29)25-16-12-23-11-15(16)24-20(28)13-4-6-14(7-5-13)26-10-2-1-3-19(26)27/h1-10,15-16,23H,11-12H2,(H,24,28)(H,25,29)/t15?,16-/m1/s1. The van der Waals surface area contributed by atoms with Crippen LogP contribution in [-0.4, -0.2) is 41.6 Å². The lowest BCUT2D eigenvalue weighted by Gasteiger charge is -2.21. The summed E-state index contributed by atoms with van der Waals surface area (Å²) in [7, 11) is 0. The van der Waals surface area contributed by atoms with Crippen molar-refractivity contribution >= 4 is 34.8 Å². The maximum Gasteiger partial charge on any atom is 0.261 e. The fourth-order valence-corrected chi connectivity index (χ4v) is 4.27. The molecule has 0 radical (unpaired) electrons. The van der Waals surface area contributed by atoms with E-state index < -0.39 is 0 Å². The quantitative estimate of drug-likeness (QED) is 0.564. The van der Waals surface area contributed by atoms with E-state index in [9.17, 15) is 14.4 Å². The van der Waals surface area contributed by atoms with E-state index in [1.807, 2.05) is 0 Å². The summed E-state index contributed by atoms with van der Waals surface area (Å²) in [5.41, 5.74) is 1.02. The monoisotopic (exact) mass is 442 g/mol. The van der Waals surface area contributed by atoms with Crippen molar-refractivity contribution in [2.45, 2.75) is 12.1 Å². The van der Waals surface area contributed by atoms with Gasteiger partial charge in [0.2, 0.25) is 0 Å². The van der Waals surface area contributed by atoms with Gasteiger partial charge in [-0.25, -0.2) is 0 Å². The van der Waals surface area contributed by atoms with E-state index in [2.05, 4.69) is 16.0 Å². The van der Waals surface area contributed by atoms with Crippen LogP contribution in [0.25, 0.3) is 5.69 Å². The predicted molar refractivity (Wildman–Crippen MR) is 117 cm³/mol. The van der Waals surface area contributed by atoms with Crippen LogP contribution < -0.4 is 21.5 Å². The second kappa shape index (κ2) is 8.83. The van der Waals surface area contributed by atoms with Crippen LogP contribution in [0.1, 0.15) is 20.0 Å². The molecule has 2 atom stereocenters. The molecule has 1 aliphatic rings. The first-order valence-corrected chi connectivity index (χ1v) is 10.6. The Kier molecular flexibility index (Phi) is 5.98. The molecule has 2 amide bonds. The number of carbonyl (C=O) groups is 2. The van der Waals surface area contributed by atoms with Gasteiger partial charge in [-0.3, -0.25) is 19.0 Å². The van der Waals surface area contributed by atoms with Gasteiger partial charge in [0.05, 0.1) is 21.3 Å². The Balaban J connectivity index is 1.41. The van der Waals surface area contributed by atoms with Gasteiger partial charge in [0.15, 0.2) is 0 Å². The van der Waals surface area contributed by atoms with Gasteiger partial charge in [0, 0.05) is 36.6 Å². The van der Waals surface area contributed by atoms with Gasteiger partial charge < -0.3 is 16.0 Å². The van der Waals surface area contributed by atoms with Crippen molar-refractivity contribution in [3.8, 4) is 5.69 Å². The molecular formula is C21H19ClN4O3S. The van der Waals surface area contributed by atoms with Gasteiger partial charge in [-0.1, -0.05) is 17.7 Å². The molecule has 0 saturated carbocycles. The largest absolute Gasteiger partial charge is 0.346 e. The van der Waals surface area contributed by atoms with Gasteiger partial charge in [-0.05, 0) is 42.5 Å². The molecule has 0 aliphatic carbocycles. The minimum atomic E-state index is -0.242. The summed E-state index contributed by atoms with van der Waals surface area (Å²) >= 11 is 7.11. The SMILES string of the molecule is O=C(NC1CNC[C@H]1NC(=O)c1ccc(Cl)s1)c1ccc(-n2ccccc2=O)cc1. The van der Waals surface area contributed by atoms with Gasteiger partial charge in [0.1, 0.15) is 0 Å². The highest BCUT2D eigenvalue weighted by Gasteiger charge is 2.30. The third kappa shape index (κ3) is 4.46. The first-order chi connectivity index (χ1) is 14.5. The highest BCUT2D eigenvalue weighted by Crippen LogP contribution is 2.21. The Hall–Kier alpha value is -2.94. The van der Waals surface area contributed by atoms with Gasteiger partial charge in [-0.2, -0.15) is 0 Å². The van der Waals surface area contributed by atoms with E-state index in [0.29, 0.717) is 33.6 Å². The molecule has 30 heavy (non-hydrogen) atoms. The number of aromatic nitrogens is 1. The number of thiophene rings is 1. The summed E-state index contributed by atoms with van der Waals surface area (Å²) in [5.74, 6) is -0.452. The maximum absolute atomic E-state index is 12.7.